The van der Waals surface area contributed by atoms with Gasteiger partial charge >= 0.3 is 0 Å². The number of amides is 1. The largest absolute Gasteiger partial charge is 0.358 e. The van der Waals surface area contributed by atoms with Gasteiger partial charge in [0.1, 0.15) is 0 Å². The molecule has 1 aromatic rings. The summed E-state index contributed by atoms with van der Waals surface area (Å²) < 4.78 is 26.6. The Kier molecular flexibility index (Phi) is 7.19. The number of hydrazine groups is 1. The van der Waals surface area contributed by atoms with Gasteiger partial charge in [0, 0.05) is 11.6 Å². The number of carbonyl (C=O) groups excluding carboxylic acids is 1. The van der Waals surface area contributed by atoms with Gasteiger partial charge in [0.15, 0.2) is 5.11 Å². The first-order chi connectivity index (χ1) is 12.7. The molecule has 0 saturated heterocycles. The minimum Gasteiger partial charge on any atom is -0.358 e. The van der Waals surface area contributed by atoms with Crippen LogP contribution in [0.25, 0.3) is 0 Å². The van der Waals surface area contributed by atoms with Crippen molar-refractivity contribution < 1.29 is 13.2 Å². The van der Waals surface area contributed by atoms with E-state index >= 15 is 0 Å². The first-order valence-electron chi connectivity index (χ1n) is 9.07. The number of thiocarbonyl (C=S) groups is 1. The van der Waals surface area contributed by atoms with Crippen LogP contribution in [0.1, 0.15) is 54.1 Å². The fraction of sp³-hybridized carbons (Fsp3) is 0.556. The Balaban J connectivity index is 2.04. The van der Waals surface area contributed by atoms with Gasteiger partial charge < -0.3 is 5.32 Å². The molecule has 0 aromatic heterocycles. The molecule has 4 N–H and O–H groups in total. The van der Waals surface area contributed by atoms with Gasteiger partial charge in [-0.05, 0) is 75.1 Å². The van der Waals surface area contributed by atoms with Gasteiger partial charge in [-0.2, -0.15) is 0 Å². The average Bonchev–Trinajstić information content (AvgIpc) is 2.63. The fourth-order valence-corrected chi connectivity index (χ4v) is 4.54. The zero-order valence-electron chi connectivity index (χ0n) is 16.2. The normalized spacial score (nSPS) is 20.0. The van der Waals surface area contributed by atoms with Gasteiger partial charge in [0.2, 0.25) is 10.0 Å². The predicted molar refractivity (Wildman–Crippen MR) is 110 cm³/mol. The third-order valence-corrected chi connectivity index (χ3v) is 6.92. The van der Waals surface area contributed by atoms with Crippen LogP contribution >= 0.6 is 12.2 Å². The SMILES string of the molecule is CNS(=O)(=O)c1cc(C(=O)NNC(=S)NC2CCCCC2C)cc(C)c1C. The Bertz CT molecular complexity index is 824. The lowest BCUT2D eigenvalue weighted by atomic mass is 9.86. The molecule has 7 nitrogen and oxygen atoms in total. The van der Waals surface area contributed by atoms with E-state index in [0.717, 1.165) is 12.8 Å². The molecule has 1 aromatic carbocycles. The topological polar surface area (TPSA) is 99.3 Å². The molecule has 0 bridgehead atoms. The highest BCUT2D eigenvalue weighted by Gasteiger charge is 2.22. The van der Waals surface area contributed by atoms with Crippen LogP contribution in [0.3, 0.4) is 0 Å². The minimum absolute atomic E-state index is 0.0897. The summed E-state index contributed by atoms with van der Waals surface area (Å²) in [4.78, 5) is 12.6. The van der Waals surface area contributed by atoms with Crippen molar-refractivity contribution in [2.24, 2.45) is 5.92 Å². The first-order valence-corrected chi connectivity index (χ1v) is 11.0. The molecule has 2 atom stereocenters. The third kappa shape index (κ3) is 5.40. The second kappa shape index (κ2) is 8.99. The highest BCUT2D eigenvalue weighted by molar-refractivity contribution is 7.89. The van der Waals surface area contributed by atoms with Crippen molar-refractivity contribution in [1.29, 1.82) is 0 Å². The molecule has 2 unspecified atom stereocenters. The highest BCUT2D eigenvalue weighted by Crippen LogP contribution is 2.23. The molecule has 1 aliphatic rings. The van der Waals surface area contributed by atoms with Crippen molar-refractivity contribution in [2.45, 2.75) is 57.4 Å². The molecular formula is C18H28N4O3S2. The number of nitrogens with one attached hydrogen (secondary N) is 4. The quantitative estimate of drug-likeness (QED) is 0.445. The van der Waals surface area contributed by atoms with E-state index in [-0.39, 0.29) is 10.5 Å². The first kappa shape index (κ1) is 21.6. The summed E-state index contributed by atoms with van der Waals surface area (Å²) in [6, 6.07) is 3.32. The Morgan fingerprint density at radius 1 is 1.15 bits per heavy atom. The van der Waals surface area contributed by atoms with E-state index in [4.69, 9.17) is 12.2 Å². The molecule has 0 heterocycles. The number of carbonyl (C=O) groups is 1. The van der Waals surface area contributed by atoms with E-state index in [0.29, 0.717) is 28.2 Å². The molecule has 27 heavy (non-hydrogen) atoms. The molecule has 9 heteroatoms. The summed E-state index contributed by atoms with van der Waals surface area (Å²) in [6.45, 7) is 5.67. The van der Waals surface area contributed by atoms with Gasteiger partial charge in [0.25, 0.3) is 5.91 Å². The van der Waals surface area contributed by atoms with Crippen molar-refractivity contribution >= 4 is 33.3 Å². The maximum atomic E-state index is 12.5. The number of hydrogen-bond acceptors (Lipinski definition) is 4. The zero-order chi connectivity index (χ0) is 20.2. The maximum absolute atomic E-state index is 12.5. The lowest BCUT2D eigenvalue weighted by Gasteiger charge is -2.30. The molecule has 0 radical (unpaired) electrons. The number of sulfonamides is 1. The van der Waals surface area contributed by atoms with Crippen molar-refractivity contribution in [1.82, 2.24) is 20.9 Å². The van der Waals surface area contributed by atoms with Gasteiger partial charge in [0.05, 0.1) is 4.90 Å². The van der Waals surface area contributed by atoms with Crippen LogP contribution in [0.2, 0.25) is 0 Å². The van der Waals surface area contributed by atoms with E-state index in [1.165, 1.54) is 26.0 Å². The standard InChI is InChI=1S/C18H28N4O3S2/c1-11-7-5-6-8-15(11)20-18(26)22-21-17(23)14-9-12(2)13(3)16(10-14)27(24,25)19-4/h9-11,15,19H,5-8H2,1-4H3,(H,21,23)(H2,20,22,26). The molecule has 2 rings (SSSR count). The minimum atomic E-state index is -3.65. The summed E-state index contributed by atoms with van der Waals surface area (Å²) in [5, 5.41) is 3.60. The fourth-order valence-electron chi connectivity index (χ4n) is 3.27. The second-order valence-corrected chi connectivity index (χ2v) is 9.31. The maximum Gasteiger partial charge on any atom is 0.269 e. The average molecular weight is 413 g/mol. The van der Waals surface area contributed by atoms with Crippen molar-refractivity contribution in [2.75, 3.05) is 7.05 Å². The van der Waals surface area contributed by atoms with E-state index in [1.807, 2.05) is 0 Å². The van der Waals surface area contributed by atoms with Gasteiger partial charge in [-0.25, -0.2) is 13.1 Å². The summed E-state index contributed by atoms with van der Waals surface area (Å²) in [7, 11) is -2.31. The summed E-state index contributed by atoms with van der Waals surface area (Å²) in [6.07, 6.45) is 4.63. The predicted octanol–water partition coefficient (Wildman–Crippen LogP) is 1.90. The molecule has 0 aliphatic heterocycles. The molecule has 1 saturated carbocycles. The summed E-state index contributed by atoms with van der Waals surface area (Å²) in [5.41, 5.74) is 6.82. The summed E-state index contributed by atoms with van der Waals surface area (Å²) in [5.74, 6) is 0.0785. The Hall–Kier alpha value is -1.71. The van der Waals surface area contributed by atoms with Crippen LogP contribution in [0.5, 0.6) is 0 Å². The molecule has 0 spiro atoms. The van der Waals surface area contributed by atoms with Crippen molar-refractivity contribution in [3.8, 4) is 0 Å². The van der Waals surface area contributed by atoms with E-state index in [2.05, 4.69) is 27.8 Å². The smallest absolute Gasteiger partial charge is 0.269 e. The molecule has 1 aliphatic carbocycles. The summed E-state index contributed by atoms with van der Waals surface area (Å²) >= 11 is 5.26. The lowest BCUT2D eigenvalue weighted by Crippen LogP contribution is -2.51. The van der Waals surface area contributed by atoms with Crippen LogP contribution in [0.15, 0.2) is 17.0 Å². The van der Waals surface area contributed by atoms with Crippen molar-refractivity contribution in [3.63, 3.8) is 0 Å². The van der Waals surface area contributed by atoms with Crippen LogP contribution in [0.4, 0.5) is 0 Å². The Morgan fingerprint density at radius 3 is 2.44 bits per heavy atom. The molecule has 150 valence electrons. The second-order valence-electron chi connectivity index (χ2n) is 7.04. The van der Waals surface area contributed by atoms with Gasteiger partial charge in [-0.1, -0.05) is 19.8 Å². The molecule has 1 amide bonds. The molecular weight excluding hydrogens is 384 g/mol. The zero-order valence-corrected chi connectivity index (χ0v) is 17.8. The Morgan fingerprint density at radius 2 is 1.81 bits per heavy atom. The number of benzene rings is 1. The van der Waals surface area contributed by atoms with Gasteiger partial charge in [-0.15, -0.1) is 0 Å². The van der Waals surface area contributed by atoms with E-state index < -0.39 is 15.9 Å². The van der Waals surface area contributed by atoms with Crippen LogP contribution in [0, 0.1) is 19.8 Å². The Labute approximate surface area is 166 Å². The number of hydrogen-bond donors (Lipinski definition) is 4. The van der Waals surface area contributed by atoms with Crippen molar-refractivity contribution in [3.05, 3.63) is 28.8 Å². The van der Waals surface area contributed by atoms with E-state index in [1.54, 1.807) is 19.9 Å². The van der Waals surface area contributed by atoms with E-state index in [9.17, 15) is 13.2 Å². The lowest BCUT2D eigenvalue weighted by molar-refractivity contribution is 0.0943. The van der Waals surface area contributed by atoms with Crippen LogP contribution in [-0.4, -0.2) is 32.5 Å². The monoisotopic (exact) mass is 412 g/mol. The third-order valence-electron chi connectivity index (χ3n) is 5.16. The van der Waals surface area contributed by atoms with Crippen LogP contribution < -0.4 is 20.9 Å². The van der Waals surface area contributed by atoms with Crippen LogP contribution in [-0.2, 0) is 10.0 Å². The molecule has 1 fully saturated rings. The number of rotatable bonds is 4. The highest BCUT2D eigenvalue weighted by atomic mass is 32.2. The number of aryl methyl sites for hydroxylation is 1. The van der Waals surface area contributed by atoms with Gasteiger partial charge in [-0.3, -0.25) is 15.6 Å².